The van der Waals surface area contributed by atoms with Crippen LogP contribution in [0.3, 0.4) is 0 Å². The zero-order valence-electron chi connectivity index (χ0n) is 13.6. The number of rotatable bonds is 7. The molecule has 1 aliphatic heterocycles. The molecule has 118 valence electrons. The third-order valence-corrected chi connectivity index (χ3v) is 3.94. The topological polar surface area (TPSA) is 39.7 Å². The van der Waals surface area contributed by atoms with Crippen molar-refractivity contribution in [1.82, 2.24) is 5.32 Å². The Morgan fingerprint density at radius 3 is 2.67 bits per heavy atom. The molecule has 1 unspecified atom stereocenters. The van der Waals surface area contributed by atoms with E-state index in [0.717, 1.165) is 31.1 Å². The van der Waals surface area contributed by atoms with Crippen LogP contribution in [0.1, 0.15) is 38.8 Å². The van der Waals surface area contributed by atoms with Crippen LogP contribution >= 0.6 is 0 Å². The van der Waals surface area contributed by atoms with Crippen LogP contribution in [0, 0.1) is 5.41 Å². The molecule has 0 fully saturated rings. The predicted octanol–water partition coefficient (Wildman–Crippen LogP) is 3.17. The third-order valence-electron chi connectivity index (χ3n) is 3.94. The van der Waals surface area contributed by atoms with E-state index in [2.05, 4.69) is 38.2 Å². The molecule has 1 aliphatic rings. The van der Waals surface area contributed by atoms with Crippen molar-refractivity contribution in [3.05, 3.63) is 23.8 Å². The van der Waals surface area contributed by atoms with Crippen molar-refractivity contribution < 1.29 is 14.2 Å². The summed E-state index contributed by atoms with van der Waals surface area (Å²) >= 11 is 0. The van der Waals surface area contributed by atoms with E-state index in [1.54, 1.807) is 7.11 Å². The van der Waals surface area contributed by atoms with Gasteiger partial charge in [0.2, 0.25) is 0 Å². The highest BCUT2D eigenvalue weighted by atomic mass is 16.6. The minimum absolute atomic E-state index is 0.220. The van der Waals surface area contributed by atoms with Crippen LogP contribution in [-0.2, 0) is 4.74 Å². The molecule has 0 saturated carbocycles. The van der Waals surface area contributed by atoms with Crippen molar-refractivity contribution in [2.45, 2.75) is 33.2 Å². The fraction of sp³-hybridized carbons (Fsp3) is 0.647. The summed E-state index contributed by atoms with van der Waals surface area (Å²) in [4.78, 5) is 0. The number of benzene rings is 1. The lowest BCUT2D eigenvalue weighted by molar-refractivity contribution is 0.149. The number of ether oxygens (including phenoxy) is 3. The summed E-state index contributed by atoms with van der Waals surface area (Å²) in [6.45, 7) is 9.71. The van der Waals surface area contributed by atoms with Gasteiger partial charge >= 0.3 is 0 Å². The molecule has 0 aromatic heterocycles. The Labute approximate surface area is 127 Å². The Balaban J connectivity index is 1.92. The van der Waals surface area contributed by atoms with E-state index in [-0.39, 0.29) is 11.5 Å². The molecule has 1 heterocycles. The van der Waals surface area contributed by atoms with E-state index in [1.807, 2.05) is 6.07 Å². The average Bonchev–Trinajstić information content (AvgIpc) is 2.50. The van der Waals surface area contributed by atoms with Crippen LogP contribution in [0.4, 0.5) is 0 Å². The van der Waals surface area contributed by atoms with E-state index >= 15 is 0 Å². The van der Waals surface area contributed by atoms with Gasteiger partial charge in [-0.05, 0) is 36.5 Å². The van der Waals surface area contributed by atoms with Gasteiger partial charge in [0.25, 0.3) is 0 Å². The Bertz CT molecular complexity index is 459. The second-order valence-corrected chi connectivity index (χ2v) is 6.41. The molecule has 0 saturated heterocycles. The smallest absolute Gasteiger partial charge is 0.161 e. The van der Waals surface area contributed by atoms with Crippen LogP contribution in [0.15, 0.2) is 18.2 Å². The van der Waals surface area contributed by atoms with Gasteiger partial charge in [-0.15, -0.1) is 0 Å². The van der Waals surface area contributed by atoms with Gasteiger partial charge in [0.15, 0.2) is 11.5 Å². The second kappa shape index (κ2) is 7.14. The molecule has 1 aromatic carbocycles. The zero-order valence-corrected chi connectivity index (χ0v) is 13.6. The summed E-state index contributed by atoms with van der Waals surface area (Å²) < 4.78 is 16.4. The van der Waals surface area contributed by atoms with E-state index in [4.69, 9.17) is 14.2 Å². The van der Waals surface area contributed by atoms with Crippen LogP contribution in [0.2, 0.25) is 0 Å². The van der Waals surface area contributed by atoms with Crippen molar-refractivity contribution in [3.63, 3.8) is 0 Å². The molecule has 1 N–H and O–H groups in total. The highest BCUT2D eigenvalue weighted by molar-refractivity contribution is 5.44. The average molecular weight is 293 g/mol. The normalized spacial score (nSPS) is 15.8. The molecule has 0 bridgehead atoms. The van der Waals surface area contributed by atoms with Crippen LogP contribution in [0.25, 0.3) is 0 Å². The molecule has 0 spiro atoms. The molecule has 0 amide bonds. The summed E-state index contributed by atoms with van der Waals surface area (Å²) in [7, 11) is 1.75. The second-order valence-electron chi connectivity index (χ2n) is 6.41. The van der Waals surface area contributed by atoms with Gasteiger partial charge in [-0.3, -0.25) is 0 Å². The molecule has 0 radical (unpaired) electrons. The molecule has 4 nitrogen and oxygen atoms in total. The van der Waals surface area contributed by atoms with E-state index in [0.29, 0.717) is 13.2 Å². The monoisotopic (exact) mass is 293 g/mol. The van der Waals surface area contributed by atoms with Crippen molar-refractivity contribution in [1.29, 1.82) is 0 Å². The first-order chi connectivity index (χ1) is 10.0. The van der Waals surface area contributed by atoms with Gasteiger partial charge in [-0.25, -0.2) is 0 Å². The maximum absolute atomic E-state index is 5.64. The minimum atomic E-state index is 0.220. The van der Waals surface area contributed by atoms with Gasteiger partial charge in [0.05, 0.1) is 0 Å². The highest BCUT2D eigenvalue weighted by Crippen LogP contribution is 2.32. The molecular weight excluding hydrogens is 266 g/mol. The van der Waals surface area contributed by atoms with Crippen molar-refractivity contribution in [3.8, 4) is 11.5 Å². The maximum Gasteiger partial charge on any atom is 0.161 e. The summed E-state index contributed by atoms with van der Waals surface area (Å²) in [5.41, 5.74) is 1.44. The van der Waals surface area contributed by atoms with Crippen molar-refractivity contribution in [2.24, 2.45) is 5.41 Å². The number of hydrogen-bond acceptors (Lipinski definition) is 4. The van der Waals surface area contributed by atoms with Gasteiger partial charge in [-0.1, -0.05) is 19.9 Å². The van der Waals surface area contributed by atoms with Crippen LogP contribution < -0.4 is 14.8 Å². The first kappa shape index (κ1) is 16.1. The predicted molar refractivity (Wildman–Crippen MR) is 84.1 cm³/mol. The number of hydrogen-bond donors (Lipinski definition) is 1. The summed E-state index contributed by atoms with van der Waals surface area (Å²) in [6, 6.07) is 6.46. The fourth-order valence-electron chi connectivity index (χ4n) is 2.34. The molecule has 4 heteroatoms. The van der Waals surface area contributed by atoms with Crippen LogP contribution in [0.5, 0.6) is 11.5 Å². The standard InChI is InChI=1S/C17H27NO3/c1-13(18-12-17(2,3)7-8-19-4)14-5-6-15-16(11-14)21-10-9-20-15/h5-6,11,13,18H,7-10,12H2,1-4H3. The molecule has 21 heavy (non-hydrogen) atoms. The summed E-state index contributed by atoms with van der Waals surface area (Å²) in [5, 5.41) is 3.60. The lowest BCUT2D eigenvalue weighted by Gasteiger charge is -2.27. The number of nitrogens with one attached hydrogen (secondary N) is 1. The maximum atomic E-state index is 5.64. The van der Waals surface area contributed by atoms with Gasteiger partial charge in [0, 0.05) is 26.3 Å². The fourth-order valence-corrected chi connectivity index (χ4v) is 2.34. The molecule has 2 rings (SSSR count). The SMILES string of the molecule is COCCC(C)(C)CNC(C)c1ccc2c(c1)OCCO2. The Kier molecular flexibility index (Phi) is 5.48. The first-order valence-corrected chi connectivity index (χ1v) is 7.64. The summed E-state index contributed by atoms with van der Waals surface area (Å²) in [5.74, 6) is 1.70. The van der Waals surface area contributed by atoms with E-state index in [9.17, 15) is 0 Å². The third kappa shape index (κ3) is 4.61. The molecular formula is C17H27NO3. The van der Waals surface area contributed by atoms with Crippen molar-refractivity contribution >= 4 is 0 Å². The first-order valence-electron chi connectivity index (χ1n) is 7.64. The zero-order chi connectivity index (χ0) is 15.3. The Morgan fingerprint density at radius 1 is 1.24 bits per heavy atom. The number of fused-ring (bicyclic) bond motifs is 1. The molecule has 1 aromatic rings. The lowest BCUT2D eigenvalue weighted by atomic mass is 9.89. The van der Waals surface area contributed by atoms with Crippen molar-refractivity contribution in [2.75, 3.05) is 33.5 Å². The van der Waals surface area contributed by atoms with Gasteiger partial charge in [0.1, 0.15) is 13.2 Å². The quantitative estimate of drug-likeness (QED) is 0.838. The van der Waals surface area contributed by atoms with E-state index < -0.39 is 0 Å². The van der Waals surface area contributed by atoms with Crippen LogP contribution in [-0.4, -0.2) is 33.5 Å². The largest absolute Gasteiger partial charge is 0.486 e. The number of methoxy groups -OCH3 is 1. The Hall–Kier alpha value is -1.26. The van der Waals surface area contributed by atoms with Gasteiger partial charge < -0.3 is 19.5 Å². The molecule has 0 aliphatic carbocycles. The highest BCUT2D eigenvalue weighted by Gasteiger charge is 2.20. The Morgan fingerprint density at radius 2 is 1.95 bits per heavy atom. The summed E-state index contributed by atoms with van der Waals surface area (Å²) in [6.07, 6.45) is 1.05. The molecule has 1 atom stereocenters. The van der Waals surface area contributed by atoms with Gasteiger partial charge in [-0.2, -0.15) is 0 Å². The lowest BCUT2D eigenvalue weighted by Crippen LogP contribution is -2.32. The minimum Gasteiger partial charge on any atom is -0.486 e. The van der Waals surface area contributed by atoms with E-state index in [1.165, 1.54) is 5.56 Å².